The summed E-state index contributed by atoms with van der Waals surface area (Å²) < 4.78 is 2.03. The van der Waals surface area contributed by atoms with Crippen LogP contribution in [-0.2, 0) is 17.8 Å². The number of hydrogen-bond donors (Lipinski definition) is 3. The third-order valence-electron chi connectivity index (χ3n) is 5.08. The van der Waals surface area contributed by atoms with Crippen molar-refractivity contribution in [3.05, 3.63) is 69.2 Å². The van der Waals surface area contributed by atoms with E-state index < -0.39 is 0 Å². The van der Waals surface area contributed by atoms with E-state index in [4.69, 9.17) is 12.2 Å². The number of nitrogens with zero attached hydrogens (tertiary/aromatic N) is 1. The molecule has 0 bridgehead atoms. The predicted molar refractivity (Wildman–Crippen MR) is 121 cm³/mol. The van der Waals surface area contributed by atoms with Crippen molar-refractivity contribution in [2.24, 2.45) is 0 Å². The van der Waals surface area contributed by atoms with Gasteiger partial charge in [0.1, 0.15) is 5.75 Å². The molecule has 7 heteroatoms. The van der Waals surface area contributed by atoms with Crippen LogP contribution in [-0.4, -0.2) is 27.1 Å². The van der Waals surface area contributed by atoms with Gasteiger partial charge in [0.25, 0.3) is 5.56 Å². The topological polar surface area (TPSA) is 87.1 Å². The van der Waals surface area contributed by atoms with E-state index in [0.29, 0.717) is 29.7 Å². The van der Waals surface area contributed by atoms with E-state index in [9.17, 15) is 14.7 Å². The monoisotopic (exact) mass is 425 g/mol. The van der Waals surface area contributed by atoms with E-state index in [0.717, 1.165) is 43.2 Å². The molecule has 0 atom stereocenters. The third-order valence-corrected chi connectivity index (χ3v) is 5.40. The summed E-state index contributed by atoms with van der Waals surface area (Å²) in [5.74, 6) is 0.320. The standard InChI is InChI=1S/C23H27N3O3S/c27-18-13-11-17(12-14-18)7-6-15-24-21(28)10-2-1-5-16-26-22(29)19-8-3-4-9-20(19)25-23(26)30/h3-4,8-9,11-14,27H,1-2,5-7,10,15-16H2,(H,24,28)(H,25,30). The molecule has 1 amide bonds. The van der Waals surface area contributed by atoms with Crippen molar-refractivity contribution in [1.29, 1.82) is 0 Å². The van der Waals surface area contributed by atoms with Crippen LogP contribution in [0.15, 0.2) is 53.3 Å². The molecule has 6 nitrogen and oxygen atoms in total. The minimum absolute atomic E-state index is 0.0564. The Hall–Kier alpha value is -2.93. The average Bonchev–Trinajstić information content (AvgIpc) is 2.74. The van der Waals surface area contributed by atoms with E-state index >= 15 is 0 Å². The Labute approximate surface area is 180 Å². The van der Waals surface area contributed by atoms with Gasteiger partial charge in [-0.25, -0.2) is 0 Å². The van der Waals surface area contributed by atoms with Crippen LogP contribution in [0.3, 0.4) is 0 Å². The van der Waals surface area contributed by atoms with Gasteiger partial charge >= 0.3 is 0 Å². The summed E-state index contributed by atoms with van der Waals surface area (Å²) in [6.07, 6.45) is 4.64. The fourth-order valence-electron chi connectivity index (χ4n) is 3.41. The number of fused-ring (bicyclic) bond motifs is 1. The van der Waals surface area contributed by atoms with Crippen molar-refractivity contribution in [3.8, 4) is 5.75 Å². The molecule has 0 fully saturated rings. The number of rotatable bonds is 10. The molecule has 0 spiro atoms. The minimum Gasteiger partial charge on any atom is -0.508 e. The van der Waals surface area contributed by atoms with Crippen LogP contribution in [0.25, 0.3) is 10.9 Å². The third kappa shape index (κ3) is 6.03. The molecule has 30 heavy (non-hydrogen) atoms. The number of unbranched alkanes of at least 4 members (excludes halogenated alkanes) is 2. The molecular formula is C23H27N3O3S. The number of carbonyl (C=O) groups is 1. The van der Waals surface area contributed by atoms with Crippen molar-refractivity contribution < 1.29 is 9.90 Å². The molecule has 3 rings (SSSR count). The van der Waals surface area contributed by atoms with Crippen LogP contribution in [0.1, 0.15) is 37.7 Å². The Morgan fingerprint density at radius 3 is 2.60 bits per heavy atom. The summed E-state index contributed by atoms with van der Waals surface area (Å²) in [5.41, 5.74) is 1.83. The van der Waals surface area contributed by atoms with Crippen LogP contribution in [0.4, 0.5) is 0 Å². The largest absolute Gasteiger partial charge is 0.508 e. The lowest BCUT2D eigenvalue weighted by molar-refractivity contribution is -0.121. The number of aromatic amines is 1. The fraction of sp³-hybridized carbons (Fsp3) is 0.348. The lowest BCUT2D eigenvalue weighted by Crippen LogP contribution is -2.24. The maximum absolute atomic E-state index is 12.6. The van der Waals surface area contributed by atoms with Gasteiger partial charge in [-0.05, 0) is 67.7 Å². The Kier molecular flexibility index (Phi) is 7.79. The first-order chi connectivity index (χ1) is 14.5. The Balaban J connectivity index is 1.34. The second kappa shape index (κ2) is 10.7. The van der Waals surface area contributed by atoms with Crippen LogP contribution in [0.5, 0.6) is 5.75 Å². The van der Waals surface area contributed by atoms with Crippen molar-refractivity contribution in [3.63, 3.8) is 0 Å². The van der Waals surface area contributed by atoms with E-state index in [1.165, 1.54) is 0 Å². The highest BCUT2D eigenvalue weighted by Gasteiger charge is 2.06. The molecular weight excluding hydrogens is 398 g/mol. The number of aromatic hydroxyl groups is 1. The van der Waals surface area contributed by atoms with Gasteiger partial charge in [-0.1, -0.05) is 30.7 Å². The maximum Gasteiger partial charge on any atom is 0.262 e. The van der Waals surface area contributed by atoms with E-state index in [1.807, 2.05) is 30.3 Å². The number of amides is 1. The molecule has 0 aliphatic heterocycles. The summed E-state index contributed by atoms with van der Waals surface area (Å²) in [4.78, 5) is 27.7. The fourth-order valence-corrected chi connectivity index (χ4v) is 3.69. The van der Waals surface area contributed by atoms with Crippen LogP contribution in [0, 0.1) is 4.77 Å². The van der Waals surface area contributed by atoms with Gasteiger partial charge in [0.05, 0.1) is 10.9 Å². The number of hydrogen-bond acceptors (Lipinski definition) is 4. The number of carbonyl (C=O) groups excluding carboxylic acids is 1. The second-order valence-corrected chi connectivity index (χ2v) is 7.75. The molecule has 0 aliphatic carbocycles. The first-order valence-electron chi connectivity index (χ1n) is 10.3. The molecule has 3 N–H and O–H groups in total. The lowest BCUT2D eigenvalue weighted by Gasteiger charge is -2.08. The lowest BCUT2D eigenvalue weighted by atomic mass is 10.1. The number of benzene rings is 2. The van der Waals surface area contributed by atoms with Crippen LogP contribution < -0.4 is 10.9 Å². The van der Waals surface area contributed by atoms with Gasteiger partial charge < -0.3 is 15.4 Å². The molecule has 0 saturated heterocycles. The number of aryl methyl sites for hydroxylation is 1. The highest BCUT2D eigenvalue weighted by Crippen LogP contribution is 2.11. The van der Waals surface area contributed by atoms with Crippen molar-refractivity contribution in [2.75, 3.05) is 6.54 Å². The number of nitrogens with one attached hydrogen (secondary N) is 2. The quantitative estimate of drug-likeness (QED) is 0.337. The SMILES string of the molecule is O=C(CCCCCn1c(=S)[nH]c2ccccc2c1=O)NCCCc1ccc(O)cc1. The molecule has 0 saturated carbocycles. The number of para-hydroxylation sites is 1. The number of phenols is 1. The summed E-state index contributed by atoms with van der Waals surface area (Å²) in [6, 6.07) is 14.5. The zero-order chi connectivity index (χ0) is 21.3. The summed E-state index contributed by atoms with van der Waals surface area (Å²) >= 11 is 5.32. The number of phenolic OH excluding ortho intramolecular Hbond substituents is 1. The normalized spacial score (nSPS) is 10.9. The van der Waals surface area contributed by atoms with Crippen molar-refractivity contribution in [2.45, 2.75) is 45.1 Å². The molecule has 0 aliphatic rings. The zero-order valence-electron chi connectivity index (χ0n) is 16.9. The molecule has 158 valence electrons. The Bertz CT molecular complexity index is 1100. The molecule has 3 aromatic rings. The van der Waals surface area contributed by atoms with Crippen molar-refractivity contribution in [1.82, 2.24) is 14.9 Å². The maximum atomic E-state index is 12.6. The second-order valence-electron chi connectivity index (χ2n) is 7.36. The Morgan fingerprint density at radius 1 is 1.03 bits per heavy atom. The van der Waals surface area contributed by atoms with Gasteiger partial charge in [0.2, 0.25) is 5.91 Å². The molecule has 0 unspecified atom stereocenters. The first-order valence-corrected chi connectivity index (χ1v) is 10.7. The molecule has 0 radical (unpaired) electrons. The smallest absolute Gasteiger partial charge is 0.262 e. The van der Waals surface area contributed by atoms with Crippen molar-refractivity contribution >= 4 is 29.0 Å². The van der Waals surface area contributed by atoms with E-state index in [1.54, 1.807) is 22.8 Å². The number of aromatic nitrogens is 2. The van der Waals surface area contributed by atoms with E-state index in [2.05, 4.69) is 10.3 Å². The van der Waals surface area contributed by atoms with E-state index in [-0.39, 0.29) is 17.2 Å². The summed E-state index contributed by atoms with van der Waals surface area (Å²) in [5, 5.41) is 12.9. The summed E-state index contributed by atoms with van der Waals surface area (Å²) in [7, 11) is 0. The van der Waals surface area contributed by atoms with Gasteiger partial charge in [0.15, 0.2) is 4.77 Å². The van der Waals surface area contributed by atoms with Gasteiger partial charge in [-0.3, -0.25) is 14.2 Å². The molecule has 1 aromatic heterocycles. The molecule has 2 aromatic carbocycles. The highest BCUT2D eigenvalue weighted by molar-refractivity contribution is 7.71. The number of H-pyrrole nitrogens is 1. The summed E-state index contributed by atoms with van der Waals surface area (Å²) in [6.45, 7) is 1.19. The minimum atomic E-state index is -0.0688. The van der Waals surface area contributed by atoms with Crippen LogP contribution >= 0.6 is 12.2 Å². The first kappa shape index (κ1) is 21.8. The zero-order valence-corrected chi connectivity index (χ0v) is 17.7. The van der Waals surface area contributed by atoms with Gasteiger partial charge in [-0.2, -0.15) is 0 Å². The Morgan fingerprint density at radius 2 is 1.80 bits per heavy atom. The average molecular weight is 426 g/mol. The highest BCUT2D eigenvalue weighted by atomic mass is 32.1. The van der Waals surface area contributed by atoms with Gasteiger partial charge in [0, 0.05) is 19.5 Å². The van der Waals surface area contributed by atoms with Crippen LogP contribution in [0.2, 0.25) is 0 Å². The molecule has 1 heterocycles. The van der Waals surface area contributed by atoms with Gasteiger partial charge in [-0.15, -0.1) is 0 Å². The predicted octanol–water partition coefficient (Wildman–Crippen LogP) is 4.07.